The summed E-state index contributed by atoms with van der Waals surface area (Å²) in [5, 5.41) is 30.4. The zero-order valence-corrected chi connectivity index (χ0v) is 16.1. The van der Waals surface area contributed by atoms with Crippen molar-refractivity contribution < 1.29 is 15.3 Å². The topological polar surface area (TPSA) is 60.7 Å². The van der Waals surface area contributed by atoms with Crippen LogP contribution in [0.2, 0.25) is 0 Å². The number of allylic oxidation sites excluding steroid dienone is 1. The van der Waals surface area contributed by atoms with Gasteiger partial charge < -0.3 is 15.3 Å². The SMILES string of the molecule is C=C[C@H]([C@H](O)CC/C(=C/c1ccc(O)cc1)c1ccccc1)[C@H](O)C(C)C. The van der Waals surface area contributed by atoms with E-state index in [1.165, 1.54) is 0 Å². The highest BCUT2D eigenvalue weighted by Gasteiger charge is 2.26. The molecule has 144 valence electrons. The molecule has 0 aliphatic carbocycles. The molecule has 0 bridgehead atoms. The van der Waals surface area contributed by atoms with Gasteiger partial charge in [-0.2, -0.15) is 0 Å². The Bertz CT molecular complexity index is 732. The van der Waals surface area contributed by atoms with Gasteiger partial charge in [-0.1, -0.05) is 68.5 Å². The minimum Gasteiger partial charge on any atom is -0.508 e. The van der Waals surface area contributed by atoms with Crippen molar-refractivity contribution >= 4 is 11.6 Å². The van der Waals surface area contributed by atoms with Gasteiger partial charge in [-0.3, -0.25) is 0 Å². The molecular formula is C24H30O3. The molecule has 0 aliphatic heterocycles. The van der Waals surface area contributed by atoms with E-state index in [1.54, 1.807) is 18.2 Å². The van der Waals surface area contributed by atoms with Gasteiger partial charge in [0.1, 0.15) is 5.75 Å². The molecule has 0 saturated heterocycles. The Morgan fingerprint density at radius 2 is 1.63 bits per heavy atom. The summed E-state index contributed by atoms with van der Waals surface area (Å²) in [5.41, 5.74) is 3.18. The van der Waals surface area contributed by atoms with E-state index in [2.05, 4.69) is 12.7 Å². The number of benzene rings is 2. The number of hydrogen-bond donors (Lipinski definition) is 3. The molecule has 0 unspecified atom stereocenters. The molecule has 27 heavy (non-hydrogen) atoms. The van der Waals surface area contributed by atoms with Gasteiger partial charge in [-0.15, -0.1) is 6.58 Å². The van der Waals surface area contributed by atoms with Crippen molar-refractivity contribution in [3.63, 3.8) is 0 Å². The fourth-order valence-corrected chi connectivity index (χ4v) is 3.19. The normalized spacial score (nSPS) is 15.4. The Morgan fingerprint density at radius 1 is 1.00 bits per heavy atom. The van der Waals surface area contributed by atoms with Crippen molar-refractivity contribution in [1.29, 1.82) is 0 Å². The lowest BCUT2D eigenvalue weighted by Crippen LogP contribution is -2.33. The molecule has 0 fully saturated rings. The molecule has 2 rings (SSSR count). The number of phenolic OH excluding ortho intramolecular Hbond substituents is 1. The minimum atomic E-state index is -0.660. The number of phenols is 1. The molecule has 3 N–H and O–H groups in total. The largest absolute Gasteiger partial charge is 0.508 e. The molecule has 3 heteroatoms. The summed E-state index contributed by atoms with van der Waals surface area (Å²) >= 11 is 0. The number of aromatic hydroxyl groups is 1. The van der Waals surface area contributed by atoms with E-state index in [1.807, 2.05) is 56.3 Å². The van der Waals surface area contributed by atoms with E-state index in [-0.39, 0.29) is 17.6 Å². The lowest BCUT2D eigenvalue weighted by molar-refractivity contribution is 0.00939. The van der Waals surface area contributed by atoms with Crippen molar-refractivity contribution in [1.82, 2.24) is 0 Å². The molecule has 2 aromatic carbocycles. The van der Waals surface area contributed by atoms with E-state index in [0.29, 0.717) is 12.8 Å². The Hall–Kier alpha value is -2.36. The summed E-state index contributed by atoms with van der Waals surface area (Å²) in [6, 6.07) is 17.1. The number of aliphatic hydroxyl groups excluding tert-OH is 2. The van der Waals surface area contributed by atoms with Crippen LogP contribution in [0, 0.1) is 11.8 Å². The maximum atomic E-state index is 10.6. The second-order valence-corrected chi connectivity index (χ2v) is 7.28. The van der Waals surface area contributed by atoms with Crippen molar-refractivity contribution in [2.45, 2.75) is 38.9 Å². The average Bonchev–Trinajstić information content (AvgIpc) is 2.67. The molecule has 0 aromatic heterocycles. The smallest absolute Gasteiger partial charge is 0.115 e. The maximum Gasteiger partial charge on any atom is 0.115 e. The Labute approximate surface area is 162 Å². The zero-order chi connectivity index (χ0) is 19.8. The van der Waals surface area contributed by atoms with Crippen LogP contribution in [0.3, 0.4) is 0 Å². The molecule has 0 heterocycles. The minimum absolute atomic E-state index is 0.0591. The first-order chi connectivity index (χ1) is 12.9. The second-order valence-electron chi connectivity index (χ2n) is 7.28. The number of rotatable bonds is 9. The zero-order valence-electron chi connectivity index (χ0n) is 16.1. The average molecular weight is 367 g/mol. The molecule has 0 amide bonds. The Morgan fingerprint density at radius 3 is 2.19 bits per heavy atom. The first-order valence-corrected chi connectivity index (χ1v) is 9.46. The van der Waals surface area contributed by atoms with Gasteiger partial charge in [0.2, 0.25) is 0 Å². The van der Waals surface area contributed by atoms with Crippen molar-refractivity contribution in [3.05, 3.63) is 78.4 Å². The number of aliphatic hydroxyl groups is 2. The summed E-state index contributed by atoms with van der Waals surface area (Å²) in [4.78, 5) is 0. The molecular weight excluding hydrogens is 336 g/mol. The summed E-state index contributed by atoms with van der Waals surface area (Å²) in [5.74, 6) is -0.0557. The summed E-state index contributed by atoms with van der Waals surface area (Å²) in [7, 11) is 0. The van der Waals surface area contributed by atoms with Gasteiger partial charge >= 0.3 is 0 Å². The summed E-state index contributed by atoms with van der Waals surface area (Å²) in [6.45, 7) is 7.67. The monoisotopic (exact) mass is 366 g/mol. The van der Waals surface area contributed by atoms with Gasteiger partial charge in [-0.25, -0.2) is 0 Å². The van der Waals surface area contributed by atoms with E-state index in [0.717, 1.165) is 16.7 Å². The van der Waals surface area contributed by atoms with Gasteiger partial charge in [0.25, 0.3) is 0 Å². The van der Waals surface area contributed by atoms with Crippen LogP contribution in [0.5, 0.6) is 5.75 Å². The molecule has 0 spiro atoms. The van der Waals surface area contributed by atoms with E-state index >= 15 is 0 Å². The van der Waals surface area contributed by atoms with Gasteiger partial charge in [-0.05, 0) is 47.6 Å². The summed E-state index contributed by atoms with van der Waals surface area (Å²) < 4.78 is 0. The standard InChI is InChI=1S/C24H30O3/c1-4-22(24(27)17(2)3)23(26)15-12-20(19-8-6-5-7-9-19)16-18-10-13-21(25)14-11-18/h4-11,13-14,16-17,22-27H,1,12,15H2,2-3H3/b20-16-/t22-,23-,24-/m1/s1. The highest BCUT2D eigenvalue weighted by molar-refractivity contribution is 5.81. The molecule has 0 aliphatic rings. The van der Waals surface area contributed by atoms with Gasteiger partial charge in [0, 0.05) is 5.92 Å². The predicted molar refractivity (Wildman–Crippen MR) is 112 cm³/mol. The van der Waals surface area contributed by atoms with Crippen LogP contribution in [0.1, 0.15) is 37.8 Å². The lowest BCUT2D eigenvalue weighted by Gasteiger charge is -2.27. The maximum absolute atomic E-state index is 10.6. The third-order valence-corrected chi connectivity index (χ3v) is 4.88. The van der Waals surface area contributed by atoms with E-state index in [9.17, 15) is 15.3 Å². The van der Waals surface area contributed by atoms with Crippen molar-refractivity contribution in [2.24, 2.45) is 11.8 Å². The van der Waals surface area contributed by atoms with Crippen LogP contribution in [-0.2, 0) is 0 Å². The highest BCUT2D eigenvalue weighted by Crippen LogP contribution is 2.28. The first-order valence-electron chi connectivity index (χ1n) is 9.46. The molecule has 3 atom stereocenters. The van der Waals surface area contributed by atoms with Crippen LogP contribution in [-0.4, -0.2) is 27.5 Å². The molecule has 0 radical (unpaired) electrons. The van der Waals surface area contributed by atoms with E-state index in [4.69, 9.17) is 0 Å². The highest BCUT2D eigenvalue weighted by atomic mass is 16.3. The quantitative estimate of drug-likeness (QED) is 0.437. The molecule has 2 aromatic rings. The molecule has 3 nitrogen and oxygen atoms in total. The second kappa shape index (κ2) is 10.1. The van der Waals surface area contributed by atoms with Crippen molar-refractivity contribution in [3.8, 4) is 5.75 Å². The fourth-order valence-electron chi connectivity index (χ4n) is 3.19. The van der Waals surface area contributed by atoms with Crippen LogP contribution >= 0.6 is 0 Å². The first kappa shape index (κ1) is 20.9. The van der Waals surface area contributed by atoms with Gasteiger partial charge in [0.05, 0.1) is 12.2 Å². The predicted octanol–water partition coefficient (Wildman–Crippen LogP) is 4.89. The lowest BCUT2D eigenvalue weighted by atomic mass is 9.85. The summed E-state index contributed by atoms with van der Waals surface area (Å²) in [6.07, 6.45) is 3.65. The van der Waals surface area contributed by atoms with Crippen LogP contribution in [0.25, 0.3) is 11.6 Å². The third-order valence-electron chi connectivity index (χ3n) is 4.88. The van der Waals surface area contributed by atoms with Crippen LogP contribution in [0.4, 0.5) is 0 Å². The Kier molecular flexibility index (Phi) is 7.83. The van der Waals surface area contributed by atoms with Crippen LogP contribution < -0.4 is 0 Å². The van der Waals surface area contributed by atoms with Crippen molar-refractivity contribution in [2.75, 3.05) is 0 Å². The molecule has 0 saturated carbocycles. The van der Waals surface area contributed by atoms with E-state index < -0.39 is 12.2 Å². The fraction of sp³-hybridized carbons (Fsp3) is 0.333. The third kappa shape index (κ3) is 6.09. The van der Waals surface area contributed by atoms with Crippen LogP contribution in [0.15, 0.2) is 67.3 Å². The number of hydrogen-bond acceptors (Lipinski definition) is 3. The van der Waals surface area contributed by atoms with Gasteiger partial charge in [0.15, 0.2) is 0 Å². The Balaban J connectivity index is 2.20.